The highest BCUT2D eigenvalue weighted by Crippen LogP contribution is 2.05. The van der Waals surface area contributed by atoms with Gasteiger partial charge in [-0.1, -0.05) is 27.7 Å². The Labute approximate surface area is 46.7 Å². The van der Waals surface area contributed by atoms with Gasteiger partial charge in [-0.15, -0.1) is 0 Å². The molecule has 0 bridgehead atoms. The Hall–Kier alpha value is -0.0400. The van der Waals surface area contributed by atoms with Crippen LogP contribution < -0.4 is 6.15 Å². The normalized spacial score (nSPS) is 9.43. The Morgan fingerprint density at radius 1 is 0.714 bits per heavy atom. The van der Waals surface area contributed by atoms with Crippen molar-refractivity contribution in [1.29, 1.82) is 0 Å². The number of hydrogen-bond donors (Lipinski definition) is 1. The lowest BCUT2D eigenvalue weighted by atomic mass is 10.0. The van der Waals surface area contributed by atoms with E-state index >= 15 is 0 Å². The lowest BCUT2D eigenvalue weighted by Crippen LogP contribution is -1.95. The maximum Gasteiger partial charge on any atom is -0.0448 e. The molecule has 0 unspecified atom stereocenters. The Bertz CT molecular complexity index is 25.2. The minimum absolute atomic E-state index is 0. The van der Waals surface area contributed by atoms with Gasteiger partial charge in [0.25, 0.3) is 0 Å². The largest absolute Gasteiger partial charge is 0.344 e. The van der Waals surface area contributed by atoms with Crippen LogP contribution in [0.1, 0.15) is 27.7 Å². The van der Waals surface area contributed by atoms with E-state index in [-0.39, 0.29) is 6.15 Å². The molecule has 0 spiro atoms. The highest BCUT2D eigenvalue weighted by atomic mass is 14.0. The van der Waals surface area contributed by atoms with Crippen LogP contribution in [0.3, 0.4) is 0 Å². The Kier molecular flexibility index (Phi) is 5.93. The summed E-state index contributed by atoms with van der Waals surface area (Å²) >= 11 is 0. The molecule has 0 saturated heterocycles. The summed E-state index contributed by atoms with van der Waals surface area (Å²) in [5, 5.41) is 0. The summed E-state index contributed by atoms with van der Waals surface area (Å²) in [4.78, 5) is 0. The number of rotatable bonds is 1. The summed E-state index contributed by atoms with van der Waals surface area (Å²) in [6.45, 7) is 8.96. The van der Waals surface area contributed by atoms with Crippen LogP contribution in [-0.4, -0.2) is 0 Å². The molecule has 7 heavy (non-hydrogen) atoms. The molecule has 0 rings (SSSR count). The summed E-state index contributed by atoms with van der Waals surface area (Å²) in [5.74, 6) is 1.70. The first-order chi connectivity index (χ1) is 2.64. The molecule has 1 nitrogen and oxygen atoms in total. The smallest absolute Gasteiger partial charge is 0.0448 e. The monoisotopic (exact) mass is 103 g/mol. The van der Waals surface area contributed by atoms with E-state index in [1.807, 2.05) is 0 Å². The van der Waals surface area contributed by atoms with Crippen molar-refractivity contribution in [3.63, 3.8) is 0 Å². The molecule has 0 aliphatic rings. The third-order valence-corrected chi connectivity index (χ3v) is 1.33. The first-order valence-electron chi connectivity index (χ1n) is 2.64. The van der Waals surface area contributed by atoms with Gasteiger partial charge >= 0.3 is 0 Å². The first-order valence-corrected chi connectivity index (χ1v) is 2.64. The van der Waals surface area contributed by atoms with Crippen LogP contribution >= 0.6 is 0 Å². The van der Waals surface area contributed by atoms with Crippen LogP contribution in [0.25, 0.3) is 0 Å². The topological polar surface area (TPSA) is 35.0 Å². The predicted octanol–water partition coefficient (Wildman–Crippen LogP) is 2.46. The van der Waals surface area contributed by atoms with Gasteiger partial charge in [0.1, 0.15) is 0 Å². The molecule has 0 aliphatic heterocycles. The fraction of sp³-hybridized carbons (Fsp3) is 1.00. The SMILES string of the molecule is CC(C)C(C)C.N. The molecule has 0 amide bonds. The quantitative estimate of drug-likeness (QED) is 0.543. The zero-order valence-electron chi connectivity index (χ0n) is 5.86. The van der Waals surface area contributed by atoms with Crippen molar-refractivity contribution >= 4 is 0 Å². The third-order valence-electron chi connectivity index (χ3n) is 1.33. The van der Waals surface area contributed by atoms with Crippen LogP contribution in [0, 0.1) is 11.8 Å². The van der Waals surface area contributed by atoms with Crippen LogP contribution in [0.2, 0.25) is 0 Å². The molecule has 0 radical (unpaired) electrons. The van der Waals surface area contributed by atoms with Crippen molar-refractivity contribution in [2.45, 2.75) is 27.7 Å². The van der Waals surface area contributed by atoms with E-state index < -0.39 is 0 Å². The molecule has 1 heteroatoms. The minimum atomic E-state index is 0. The molecular weight excluding hydrogens is 86.1 g/mol. The zero-order chi connectivity index (χ0) is 5.15. The summed E-state index contributed by atoms with van der Waals surface area (Å²) < 4.78 is 0. The van der Waals surface area contributed by atoms with E-state index in [9.17, 15) is 0 Å². The second kappa shape index (κ2) is 4.13. The van der Waals surface area contributed by atoms with E-state index in [0.717, 1.165) is 11.8 Å². The maximum absolute atomic E-state index is 2.24. The highest BCUT2D eigenvalue weighted by Gasteiger charge is 1.95. The summed E-state index contributed by atoms with van der Waals surface area (Å²) in [6, 6.07) is 0. The highest BCUT2D eigenvalue weighted by molar-refractivity contribution is 4.46. The van der Waals surface area contributed by atoms with Crippen molar-refractivity contribution in [1.82, 2.24) is 6.15 Å². The minimum Gasteiger partial charge on any atom is -0.344 e. The molecular formula is C6H17N. The van der Waals surface area contributed by atoms with Crippen molar-refractivity contribution < 1.29 is 0 Å². The molecule has 0 aliphatic carbocycles. The molecule has 46 valence electrons. The van der Waals surface area contributed by atoms with Crippen LogP contribution in [0.4, 0.5) is 0 Å². The van der Waals surface area contributed by atoms with Gasteiger partial charge in [-0.2, -0.15) is 0 Å². The fourth-order valence-corrected chi connectivity index (χ4v) is 0. The van der Waals surface area contributed by atoms with Crippen molar-refractivity contribution in [2.75, 3.05) is 0 Å². The van der Waals surface area contributed by atoms with Gasteiger partial charge in [-0.05, 0) is 11.8 Å². The van der Waals surface area contributed by atoms with Crippen LogP contribution in [-0.2, 0) is 0 Å². The second-order valence-corrected chi connectivity index (χ2v) is 2.49. The van der Waals surface area contributed by atoms with Gasteiger partial charge in [0.05, 0.1) is 0 Å². The molecule has 3 N–H and O–H groups in total. The molecule has 0 fully saturated rings. The van der Waals surface area contributed by atoms with Gasteiger partial charge in [-0.25, -0.2) is 0 Å². The summed E-state index contributed by atoms with van der Waals surface area (Å²) in [7, 11) is 0. The van der Waals surface area contributed by atoms with E-state index in [0.29, 0.717) is 0 Å². The lowest BCUT2D eigenvalue weighted by molar-refractivity contribution is 0.457. The average Bonchev–Trinajstić information content (AvgIpc) is 1.36. The summed E-state index contributed by atoms with van der Waals surface area (Å²) in [5.41, 5.74) is 0. The third kappa shape index (κ3) is 5.96. The van der Waals surface area contributed by atoms with Gasteiger partial charge in [0.15, 0.2) is 0 Å². The van der Waals surface area contributed by atoms with E-state index in [1.54, 1.807) is 0 Å². The predicted molar refractivity (Wildman–Crippen MR) is 34.7 cm³/mol. The lowest BCUT2D eigenvalue weighted by Gasteiger charge is -2.05. The Morgan fingerprint density at radius 2 is 0.857 bits per heavy atom. The first kappa shape index (κ1) is 10.0. The van der Waals surface area contributed by atoms with Gasteiger partial charge in [0, 0.05) is 0 Å². The fourth-order valence-electron chi connectivity index (χ4n) is 0. The second-order valence-electron chi connectivity index (χ2n) is 2.49. The Morgan fingerprint density at radius 3 is 0.857 bits per heavy atom. The molecule has 0 saturated carbocycles. The van der Waals surface area contributed by atoms with E-state index in [1.165, 1.54) is 0 Å². The number of hydrogen-bond acceptors (Lipinski definition) is 1. The van der Waals surface area contributed by atoms with Crippen molar-refractivity contribution in [3.05, 3.63) is 0 Å². The van der Waals surface area contributed by atoms with Crippen molar-refractivity contribution in [3.8, 4) is 0 Å². The van der Waals surface area contributed by atoms with Gasteiger partial charge in [0.2, 0.25) is 0 Å². The average molecular weight is 103 g/mol. The maximum atomic E-state index is 2.24. The molecule has 0 aromatic carbocycles. The van der Waals surface area contributed by atoms with Crippen LogP contribution in [0.15, 0.2) is 0 Å². The van der Waals surface area contributed by atoms with Gasteiger partial charge < -0.3 is 6.15 Å². The summed E-state index contributed by atoms with van der Waals surface area (Å²) in [6.07, 6.45) is 0. The molecule has 0 heterocycles. The molecule has 0 aromatic rings. The molecule has 0 aromatic heterocycles. The Balaban J connectivity index is 0. The van der Waals surface area contributed by atoms with E-state index in [4.69, 9.17) is 0 Å². The van der Waals surface area contributed by atoms with Crippen LogP contribution in [0.5, 0.6) is 0 Å². The van der Waals surface area contributed by atoms with Crippen molar-refractivity contribution in [2.24, 2.45) is 11.8 Å². The van der Waals surface area contributed by atoms with Gasteiger partial charge in [-0.3, -0.25) is 0 Å². The standard InChI is InChI=1S/C6H14.H3N/c1-5(2)6(3)4;/h5-6H,1-4H3;1H3. The molecule has 0 atom stereocenters. The zero-order valence-corrected chi connectivity index (χ0v) is 5.86. The van der Waals surface area contributed by atoms with E-state index in [2.05, 4.69) is 27.7 Å².